The van der Waals surface area contributed by atoms with Crippen molar-refractivity contribution in [3.05, 3.63) is 96.3 Å². The summed E-state index contributed by atoms with van der Waals surface area (Å²) >= 11 is 0. The Labute approximate surface area is 200 Å². The van der Waals surface area contributed by atoms with Gasteiger partial charge >= 0.3 is 6.09 Å². The van der Waals surface area contributed by atoms with Crippen molar-refractivity contribution >= 4 is 29.2 Å². The highest BCUT2D eigenvalue weighted by Crippen LogP contribution is 2.29. The summed E-state index contributed by atoms with van der Waals surface area (Å²) in [5.41, 5.74) is 3.54. The summed E-state index contributed by atoms with van der Waals surface area (Å²) in [5.74, 6) is -1.40. The molecule has 0 saturated heterocycles. The standard InChI is InChI=1S/C26H21FN4O4/c1-16-14-31(15-28-16)21-4-2-3-19(11-21)24(32)13-25(33)29-23-12-18(7-10-22(23)30-26(34)35)17-5-8-20(27)9-6-17/h2-12,14-15,30H,13H2,1H3,(H,29,33)(H,34,35). The van der Waals surface area contributed by atoms with Gasteiger partial charge in [0.25, 0.3) is 0 Å². The van der Waals surface area contributed by atoms with E-state index in [1.807, 2.05) is 19.2 Å². The number of nitrogens with zero attached hydrogens (tertiary/aromatic N) is 2. The summed E-state index contributed by atoms with van der Waals surface area (Å²) in [7, 11) is 0. The van der Waals surface area contributed by atoms with Gasteiger partial charge in [-0.1, -0.05) is 30.3 Å². The average Bonchev–Trinajstić information content (AvgIpc) is 3.27. The third kappa shape index (κ3) is 5.77. The van der Waals surface area contributed by atoms with Crippen LogP contribution in [0, 0.1) is 12.7 Å². The second kappa shape index (κ2) is 10.0. The van der Waals surface area contributed by atoms with E-state index in [4.69, 9.17) is 5.11 Å². The van der Waals surface area contributed by atoms with Gasteiger partial charge in [0.1, 0.15) is 5.82 Å². The van der Waals surface area contributed by atoms with Gasteiger partial charge < -0.3 is 15.0 Å². The number of carboxylic acid groups (broad SMARTS) is 1. The Bertz CT molecular complexity index is 1410. The summed E-state index contributed by atoms with van der Waals surface area (Å²) in [5, 5.41) is 14.0. The molecule has 0 bridgehead atoms. The van der Waals surface area contributed by atoms with Crippen LogP contribution in [0.5, 0.6) is 0 Å². The zero-order chi connectivity index (χ0) is 24.9. The van der Waals surface area contributed by atoms with E-state index in [0.717, 1.165) is 11.4 Å². The van der Waals surface area contributed by atoms with E-state index in [0.29, 0.717) is 16.7 Å². The number of carbonyl (C=O) groups is 3. The lowest BCUT2D eigenvalue weighted by molar-refractivity contribution is -0.115. The average molecular weight is 472 g/mol. The fourth-order valence-electron chi connectivity index (χ4n) is 3.54. The third-order valence-corrected chi connectivity index (χ3v) is 5.21. The van der Waals surface area contributed by atoms with Crippen molar-refractivity contribution in [2.45, 2.75) is 13.3 Å². The molecule has 0 saturated carbocycles. The van der Waals surface area contributed by atoms with Gasteiger partial charge in [0.15, 0.2) is 5.78 Å². The molecule has 1 aromatic heterocycles. The Kier molecular flexibility index (Phi) is 6.68. The second-order valence-corrected chi connectivity index (χ2v) is 7.82. The number of aromatic nitrogens is 2. The Morgan fingerprint density at radius 1 is 0.943 bits per heavy atom. The number of hydrogen-bond acceptors (Lipinski definition) is 4. The summed E-state index contributed by atoms with van der Waals surface area (Å²) in [6.07, 6.45) is 1.70. The lowest BCUT2D eigenvalue weighted by atomic mass is 10.0. The first-order chi connectivity index (χ1) is 16.8. The summed E-state index contributed by atoms with van der Waals surface area (Å²) in [4.78, 5) is 40.9. The van der Waals surface area contributed by atoms with E-state index in [1.165, 1.54) is 18.2 Å². The molecular weight excluding hydrogens is 451 g/mol. The number of aryl methyl sites for hydroxylation is 1. The highest BCUT2D eigenvalue weighted by atomic mass is 19.1. The number of imidazole rings is 1. The van der Waals surface area contributed by atoms with E-state index in [9.17, 15) is 18.8 Å². The molecule has 0 aliphatic heterocycles. The Balaban J connectivity index is 1.53. The van der Waals surface area contributed by atoms with E-state index in [2.05, 4.69) is 15.6 Å². The molecule has 3 N–H and O–H groups in total. The van der Waals surface area contributed by atoms with Crippen LogP contribution in [0.4, 0.5) is 20.6 Å². The minimum Gasteiger partial charge on any atom is -0.465 e. The maximum absolute atomic E-state index is 13.3. The molecule has 176 valence electrons. The number of halogens is 1. The van der Waals surface area contributed by atoms with Crippen LogP contribution in [0.1, 0.15) is 22.5 Å². The minimum absolute atomic E-state index is 0.140. The first-order valence-corrected chi connectivity index (χ1v) is 10.6. The zero-order valence-corrected chi connectivity index (χ0v) is 18.7. The molecule has 0 aliphatic carbocycles. The fraction of sp³-hybridized carbons (Fsp3) is 0.0769. The molecule has 0 atom stereocenters. The molecule has 4 aromatic rings. The summed E-state index contributed by atoms with van der Waals surface area (Å²) < 4.78 is 15.1. The van der Waals surface area contributed by atoms with Gasteiger partial charge in [-0.15, -0.1) is 0 Å². The minimum atomic E-state index is -1.31. The van der Waals surface area contributed by atoms with Gasteiger partial charge in [-0.2, -0.15) is 0 Å². The molecule has 0 spiro atoms. The van der Waals surface area contributed by atoms with Gasteiger partial charge in [-0.05, 0) is 54.4 Å². The van der Waals surface area contributed by atoms with Crippen LogP contribution in [0.2, 0.25) is 0 Å². The molecule has 9 heteroatoms. The number of ketones is 1. The number of rotatable bonds is 7. The van der Waals surface area contributed by atoms with Gasteiger partial charge in [-0.3, -0.25) is 14.9 Å². The molecule has 3 aromatic carbocycles. The first kappa shape index (κ1) is 23.4. The highest BCUT2D eigenvalue weighted by Gasteiger charge is 2.16. The first-order valence-electron chi connectivity index (χ1n) is 10.6. The van der Waals surface area contributed by atoms with Crippen molar-refractivity contribution in [2.24, 2.45) is 0 Å². The molecule has 0 aliphatic rings. The molecule has 0 fully saturated rings. The van der Waals surface area contributed by atoms with Crippen LogP contribution in [-0.4, -0.2) is 32.4 Å². The van der Waals surface area contributed by atoms with Crippen LogP contribution >= 0.6 is 0 Å². The number of anilines is 2. The number of carbonyl (C=O) groups excluding carboxylic acids is 2. The molecule has 35 heavy (non-hydrogen) atoms. The van der Waals surface area contributed by atoms with Gasteiger partial charge in [0.05, 0.1) is 29.8 Å². The molecule has 2 amide bonds. The number of amides is 2. The number of benzene rings is 3. The van der Waals surface area contributed by atoms with Gasteiger partial charge in [-0.25, -0.2) is 14.2 Å². The smallest absolute Gasteiger partial charge is 0.409 e. The van der Waals surface area contributed by atoms with Crippen molar-refractivity contribution in [1.29, 1.82) is 0 Å². The van der Waals surface area contributed by atoms with E-state index < -0.39 is 30.0 Å². The van der Waals surface area contributed by atoms with Crippen molar-refractivity contribution in [3.63, 3.8) is 0 Å². The lowest BCUT2D eigenvalue weighted by Crippen LogP contribution is -2.18. The van der Waals surface area contributed by atoms with Gasteiger partial charge in [0.2, 0.25) is 5.91 Å². The third-order valence-electron chi connectivity index (χ3n) is 5.21. The van der Waals surface area contributed by atoms with Crippen molar-refractivity contribution in [2.75, 3.05) is 10.6 Å². The fourth-order valence-corrected chi connectivity index (χ4v) is 3.54. The van der Waals surface area contributed by atoms with Crippen LogP contribution in [0.25, 0.3) is 16.8 Å². The zero-order valence-electron chi connectivity index (χ0n) is 18.7. The predicted octanol–water partition coefficient (Wildman–Crippen LogP) is 5.29. The highest BCUT2D eigenvalue weighted by molar-refractivity contribution is 6.12. The molecule has 8 nitrogen and oxygen atoms in total. The van der Waals surface area contributed by atoms with Crippen molar-refractivity contribution in [1.82, 2.24) is 9.55 Å². The number of nitrogens with one attached hydrogen (secondary N) is 2. The molecule has 0 radical (unpaired) electrons. The molecule has 1 heterocycles. The maximum atomic E-state index is 13.3. The number of Topliss-reactive ketones (excluding diaryl/α,β-unsaturated/α-hetero) is 1. The Hall–Kier alpha value is -4.79. The van der Waals surface area contributed by atoms with Crippen molar-refractivity contribution < 1.29 is 23.9 Å². The van der Waals surface area contributed by atoms with Crippen LogP contribution < -0.4 is 10.6 Å². The molecule has 0 unspecified atom stereocenters. The topological polar surface area (TPSA) is 113 Å². The van der Waals surface area contributed by atoms with Crippen LogP contribution in [0.15, 0.2) is 79.3 Å². The van der Waals surface area contributed by atoms with Crippen LogP contribution in [0.3, 0.4) is 0 Å². The lowest BCUT2D eigenvalue weighted by Gasteiger charge is -2.13. The van der Waals surface area contributed by atoms with E-state index >= 15 is 0 Å². The molecule has 4 rings (SSSR count). The Morgan fingerprint density at radius 3 is 2.37 bits per heavy atom. The summed E-state index contributed by atoms with van der Waals surface area (Å²) in [6, 6.07) is 17.3. The van der Waals surface area contributed by atoms with E-state index in [-0.39, 0.29) is 11.4 Å². The van der Waals surface area contributed by atoms with Crippen LogP contribution in [-0.2, 0) is 4.79 Å². The largest absolute Gasteiger partial charge is 0.465 e. The summed E-state index contributed by atoms with van der Waals surface area (Å²) in [6.45, 7) is 1.86. The van der Waals surface area contributed by atoms with E-state index in [1.54, 1.807) is 53.4 Å². The normalized spacial score (nSPS) is 10.6. The van der Waals surface area contributed by atoms with Gasteiger partial charge in [0, 0.05) is 17.4 Å². The number of hydrogen-bond donors (Lipinski definition) is 3. The SMILES string of the molecule is Cc1cn(-c2cccc(C(=O)CC(=O)Nc3cc(-c4ccc(F)cc4)ccc3NC(=O)O)c2)cn1. The predicted molar refractivity (Wildman–Crippen MR) is 129 cm³/mol. The monoisotopic (exact) mass is 472 g/mol. The quantitative estimate of drug-likeness (QED) is 0.250. The maximum Gasteiger partial charge on any atom is 0.409 e. The molecular formula is C26H21FN4O4. The Morgan fingerprint density at radius 2 is 1.69 bits per heavy atom. The second-order valence-electron chi connectivity index (χ2n) is 7.82. The van der Waals surface area contributed by atoms with Crippen molar-refractivity contribution in [3.8, 4) is 16.8 Å².